The molecule has 0 spiro atoms. The molecule has 0 saturated carbocycles. The maximum atomic E-state index is 2.44. The van der Waals surface area contributed by atoms with Crippen molar-refractivity contribution in [2.24, 2.45) is 0 Å². The van der Waals surface area contributed by atoms with Gasteiger partial charge in [-0.05, 0) is 6.42 Å². The van der Waals surface area contributed by atoms with Crippen LogP contribution >= 0.6 is 0 Å². The van der Waals surface area contributed by atoms with Gasteiger partial charge in [0.1, 0.15) is 6.54 Å². The van der Waals surface area contributed by atoms with E-state index in [4.69, 9.17) is 0 Å². The quantitative estimate of drug-likeness (QED) is 0.327. The average molecular weight is 291 g/mol. The van der Waals surface area contributed by atoms with Crippen LogP contribution < -0.4 is 4.57 Å². The Morgan fingerprint density at radius 2 is 1.38 bits per heavy atom. The van der Waals surface area contributed by atoms with Crippen molar-refractivity contribution in [3.8, 4) is 0 Å². The maximum absolute atomic E-state index is 2.44. The molecule has 0 amide bonds. The number of hydrogen-bond donors (Lipinski definition) is 0. The Labute approximate surface area is 132 Å². The van der Waals surface area contributed by atoms with Gasteiger partial charge in [-0.25, -0.2) is 4.57 Å². The minimum Gasteiger partial charge on any atom is -0.202 e. The van der Waals surface area contributed by atoms with E-state index in [1.807, 2.05) is 0 Å². The summed E-state index contributed by atoms with van der Waals surface area (Å²) in [5.41, 5.74) is 1.47. The van der Waals surface area contributed by atoms with E-state index in [-0.39, 0.29) is 0 Å². The third kappa shape index (κ3) is 8.24. The van der Waals surface area contributed by atoms with Crippen LogP contribution in [0.2, 0.25) is 0 Å². The Morgan fingerprint density at radius 1 is 0.810 bits per heavy atom. The Hall–Kier alpha value is -0.850. The molecule has 0 aromatic carbocycles. The van der Waals surface area contributed by atoms with Crippen molar-refractivity contribution in [1.29, 1.82) is 0 Å². The Morgan fingerprint density at radius 3 is 1.95 bits per heavy atom. The Kier molecular flexibility index (Phi) is 10.2. The van der Waals surface area contributed by atoms with Gasteiger partial charge in [0.15, 0.2) is 11.9 Å². The number of rotatable bonds is 12. The van der Waals surface area contributed by atoms with Gasteiger partial charge in [0.25, 0.3) is 0 Å². The van der Waals surface area contributed by atoms with Gasteiger partial charge < -0.3 is 0 Å². The Balaban J connectivity index is 2.04. The first-order valence-corrected chi connectivity index (χ1v) is 9.24. The lowest BCUT2D eigenvalue weighted by Crippen LogP contribution is -2.38. The molecule has 1 aromatic heterocycles. The highest BCUT2D eigenvalue weighted by Crippen LogP contribution is 2.11. The summed E-state index contributed by atoms with van der Waals surface area (Å²) in [5, 5.41) is 0. The van der Waals surface area contributed by atoms with Crippen molar-refractivity contribution in [2.45, 2.75) is 97.4 Å². The van der Waals surface area contributed by atoms with Crippen LogP contribution in [0.3, 0.4) is 0 Å². The lowest BCUT2D eigenvalue weighted by Gasteiger charge is -2.06. The lowest BCUT2D eigenvalue weighted by molar-refractivity contribution is -0.705. The van der Waals surface area contributed by atoms with E-state index in [1.165, 1.54) is 76.4 Å². The highest BCUT2D eigenvalue weighted by molar-refractivity contribution is 5.01. The van der Waals surface area contributed by atoms with Crippen LogP contribution in [0.15, 0.2) is 24.4 Å². The van der Waals surface area contributed by atoms with Crippen molar-refractivity contribution in [3.63, 3.8) is 0 Å². The molecule has 1 heteroatoms. The van der Waals surface area contributed by atoms with E-state index in [9.17, 15) is 0 Å². The van der Waals surface area contributed by atoms with Crippen LogP contribution in [-0.2, 0) is 6.54 Å². The fourth-order valence-corrected chi connectivity index (χ4v) is 2.99. The molecule has 0 unspecified atom stereocenters. The van der Waals surface area contributed by atoms with Crippen LogP contribution in [0, 0.1) is 0 Å². The van der Waals surface area contributed by atoms with Crippen LogP contribution in [0.25, 0.3) is 0 Å². The largest absolute Gasteiger partial charge is 0.202 e. The molecule has 0 radical (unpaired) electrons. The highest BCUT2D eigenvalue weighted by atomic mass is 15.0. The fourth-order valence-electron chi connectivity index (χ4n) is 2.99. The summed E-state index contributed by atoms with van der Waals surface area (Å²) in [4.78, 5) is 0. The monoisotopic (exact) mass is 290 g/mol. The summed E-state index contributed by atoms with van der Waals surface area (Å²) in [6.45, 7) is 8.04. The predicted molar refractivity (Wildman–Crippen MR) is 92.6 cm³/mol. The van der Waals surface area contributed by atoms with Crippen molar-refractivity contribution >= 4 is 0 Å². The summed E-state index contributed by atoms with van der Waals surface area (Å²) in [6.07, 6.45) is 16.4. The van der Waals surface area contributed by atoms with Crippen molar-refractivity contribution in [3.05, 3.63) is 30.1 Å². The highest BCUT2D eigenvalue weighted by Gasteiger charge is 2.12. The minimum atomic E-state index is 0.620. The molecule has 1 aromatic rings. The van der Waals surface area contributed by atoms with Crippen LogP contribution in [0.4, 0.5) is 0 Å². The standard InChI is InChI=1S/C20H36N/c1-4-5-6-7-8-9-10-11-12-14-17-21-18-15-13-16-20(21)19(2)3/h13,15-16,18-19H,4-12,14,17H2,1-3H3/q+1. The van der Waals surface area contributed by atoms with Gasteiger partial charge >= 0.3 is 0 Å². The minimum absolute atomic E-state index is 0.620. The third-order valence-corrected chi connectivity index (χ3v) is 4.32. The molecular weight excluding hydrogens is 254 g/mol. The second kappa shape index (κ2) is 11.8. The van der Waals surface area contributed by atoms with Crippen LogP contribution in [0.1, 0.15) is 96.6 Å². The van der Waals surface area contributed by atoms with Crippen LogP contribution in [-0.4, -0.2) is 0 Å². The SMILES string of the molecule is CCCCCCCCCCCC[n+]1ccccc1C(C)C. The second-order valence-electron chi connectivity index (χ2n) is 6.66. The van der Waals surface area contributed by atoms with Gasteiger partial charge in [0, 0.05) is 24.5 Å². The predicted octanol–water partition coefficient (Wildman–Crippen LogP) is 6.02. The normalized spacial score (nSPS) is 11.2. The average Bonchev–Trinajstić information content (AvgIpc) is 2.49. The smallest absolute Gasteiger partial charge is 0.183 e. The molecule has 0 aliphatic rings. The van der Waals surface area contributed by atoms with E-state index >= 15 is 0 Å². The number of aromatic nitrogens is 1. The molecule has 0 bridgehead atoms. The summed E-state index contributed by atoms with van der Waals surface area (Å²) < 4.78 is 2.44. The summed E-state index contributed by atoms with van der Waals surface area (Å²) >= 11 is 0. The fraction of sp³-hybridized carbons (Fsp3) is 0.750. The molecule has 120 valence electrons. The second-order valence-corrected chi connectivity index (χ2v) is 6.66. The van der Waals surface area contributed by atoms with Crippen molar-refractivity contribution < 1.29 is 4.57 Å². The van der Waals surface area contributed by atoms with Gasteiger partial charge in [0.05, 0.1) is 0 Å². The van der Waals surface area contributed by atoms with Gasteiger partial charge in [-0.3, -0.25) is 0 Å². The molecule has 0 aliphatic carbocycles. The molecule has 1 rings (SSSR count). The maximum Gasteiger partial charge on any atom is 0.183 e. The first-order chi connectivity index (χ1) is 10.3. The summed E-state index contributed by atoms with van der Waals surface area (Å²) in [5.74, 6) is 0.620. The van der Waals surface area contributed by atoms with E-state index in [0.717, 1.165) is 0 Å². The molecular formula is C20H36N+. The van der Waals surface area contributed by atoms with E-state index in [2.05, 4.69) is 49.7 Å². The third-order valence-electron chi connectivity index (χ3n) is 4.32. The molecule has 1 heterocycles. The van der Waals surface area contributed by atoms with Crippen molar-refractivity contribution in [1.82, 2.24) is 0 Å². The molecule has 21 heavy (non-hydrogen) atoms. The summed E-state index contributed by atoms with van der Waals surface area (Å²) in [7, 11) is 0. The van der Waals surface area contributed by atoms with Gasteiger partial charge in [-0.2, -0.15) is 0 Å². The van der Waals surface area contributed by atoms with Crippen LogP contribution in [0.5, 0.6) is 0 Å². The lowest BCUT2D eigenvalue weighted by atomic mass is 10.1. The molecule has 0 saturated heterocycles. The topological polar surface area (TPSA) is 3.88 Å². The Bertz CT molecular complexity index is 357. The van der Waals surface area contributed by atoms with E-state index in [1.54, 1.807) is 0 Å². The van der Waals surface area contributed by atoms with Gasteiger partial charge in [0.2, 0.25) is 0 Å². The van der Waals surface area contributed by atoms with Crippen molar-refractivity contribution in [2.75, 3.05) is 0 Å². The first kappa shape index (κ1) is 18.2. The number of nitrogens with zero attached hydrogens (tertiary/aromatic N) is 1. The van der Waals surface area contributed by atoms with Gasteiger partial charge in [-0.1, -0.05) is 78.2 Å². The molecule has 0 atom stereocenters. The zero-order valence-corrected chi connectivity index (χ0v) is 14.6. The zero-order chi connectivity index (χ0) is 15.3. The zero-order valence-electron chi connectivity index (χ0n) is 14.6. The number of pyridine rings is 1. The first-order valence-electron chi connectivity index (χ1n) is 9.24. The number of aryl methyl sites for hydroxylation is 1. The molecule has 0 N–H and O–H groups in total. The van der Waals surface area contributed by atoms with Gasteiger partial charge in [-0.15, -0.1) is 0 Å². The van der Waals surface area contributed by atoms with E-state index < -0.39 is 0 Å². The molecule has 1 nitrogen and oxygen atoms in total. The molecule has 0 fully saturated rings. The number of hydrogen-bond acceptors (Lipinski definition) is 0. The molecule has 0 aliphatic heterocycles. The van der Waals surface area contributed by atoms with E-state index in [0.29, 0.717) is 5.92 Å². The summed E-state index contributed by atoms with van der Waals surface area (Å²) in [6, 6.07) is 6.58. The number of unbranched alkanes of at least 4 members (excludes halogenated alkanes) is 9.